The van der Waals surface area contributed by atoms with Crippen LogP contribution in [-0.4, -0.2) is 43.9 Å². The van der Waals surface area contributed by atoms with E-state index in [1.54, 1.807) is 0 Å². The summed E-state index contributed by atoms with van der Waals surface area (Å²) in [5.74, 6) is 0. The topological polar surface area (TPSA) is 90.5 Å². The van der Waals surface area contributed by atoms with Gasteiger partial charge in [-0.2, -0.15) is 12.7 Å². The molecule has 2 aliphatic carbocycles. The Bertz CT molecular complexity index is 833. The number of aryl methyl sites for hydroxylation is 2. The van der Waals surface area contributed by atoms with Crippen molar-refractivity contribution in [3.63, 3.8) is 0 Å². The van der Waals surface area contributed by atoms with Crippen molar-refractivity contribution in [3.8, 4) is 0 Å². The van der Waals surface area contributed by atoms with E-state index in [4.69, 9.17) is 0 Å². The third-order valence-electron chi connectivity index (χ3n) is 5.70. The minimum absolute atomic E-state index is 0.250. The Labute approximate surface area is 174 Å². The largest absolute Gasteiger partial charge is 0.333 e. The summed E-state index contributed by atoms with van der Waals surface area (Å²) in [5, 5.41) is 6.11. The molecule has 1 aromatic rings. The number of fused-ring (bicyclic) bond motifs is 2. The van der Waals surface area contributed by atoms with Gasteiger partial charge in [0, 0.05) is 30.9 Å². The molecule has 2 amide bonds. The highest BCUT2D eigenvalue weighted by molar-refractivity contribution is 7.87. The normalized spacial score (nSPS) is 15.8. The lowest BCUT2D eigenvalue weighted by Gasteiger charge is -2.26. The Hall–Kier alpha value is -1.64. The van der Waals surface area contributed by atoms with Crippen LogP contribution in [0.25, 0.3) is 0 Å². The van der Waals surface area contributed by atoms with Crippen molar-refractivity contribution < 1.29 is 13.2 Å². The number of hydrogen-bond donors (Lipinski definition) is 3. The maximum atomic E-state index is 12.8. The first-order valence-corrected chi connectivity index (χ1v) is 12.1. The van der Waals surface area contributed by atoms with E-state index < -0.39 is 16.2 Å². The molecule has 1 aromatic carbocycles. The zero-order valence-electron chi connectivity index (χ0n) is 18.0. The van der Waals surface area contributed by atoms with Crippen LogP contribution in [0, 0.1) is 0 Å². The van der Waals surface area contributed by atoms with E-state index >= 15 is 0 Å². The van der Waals surface area contributed by atoms with Gasteiger partial charge in [-0.05, 0) is 74.6 Å². The molecule has 0 atom stereocenters. The maximum Gasteiger partial charge on any atom is 0.333 e. The standard InChI is InChI=1S/C21H34N4O3S/c1-14(2)22-11-12-25(15(3)4)29(27,28)24-21(26)23-20-18-9-5-7-16(18)13-17-8-6-10-19(17)20/h13-15,22H,5-12H2,1-4H3,(H2,23,24,26). The molecular formula is C21H34N4O3S. The van der Waals surface area contributed by atoms with Gasteiger partial charge in [0.2, 0.25) is 0 Å². The molecule has 7 nitrogen and oxygen atoms in total. The van der Waals surface area contributed by atoms with Gasteiger partial charge >= 0.3 is 16.2 Å². The Kier molecular flexibility index (Phi) is 6.86. The van der Waals surface area contributed by atoms with Crippen molar-refractivity contribution in [1.29, 1.82) is 0 Å². The Morgan fingerprint density at radius 1 is 1.03 bits per heavy atom. The number of urea groups is 1. The third-order valence-corrected chi connectivity index (χ3v) is 7.37. The molecular weight excluding hydrogens is 388 g/mol. The Balaban J connectivity index is 1.73. The summed E-state index contributed by atoms with van der Waals surface area (Å²) < 4.78 is 29.2. The molecule has 0 saturated carbocycles. The van der Waals surface area contributed by atoms with Crippen molar-refractivity contribution >= 4 is 21.9 Å². The number of carbonyl (C=O) groups is 1. The highest BCUT2D eigenvalue weighted by atomic mass is 32.2. The highest BCUT2D eigenvalue weighted by Gasteiger charge is 2.29. The molecule has 8 heteroatoms. The maximum absolute atomic E-state index is 12.8. The van der Waals surface area contributed by atoms with Crippen LogP contribution in [0.15, 0.2) is 6.07 Å². The summed E-state index contributed by atoms with van der Waals surface area (Å²) >= 11 is 0. The van der Waals surface area contributed by atoms with Gasteiger partial charge in [0.1, 0.15) is 0 Å². The summed E-state index contributed by atoms with van der Waals surface area (Å²) in [7, 11) is -3.94. The van der Waals surface area contributed by atoms with Gasteiger partial charge in [-0.15, -0.1) is 0 Å². The molecule has 0 unspecified atom stereocenters. The van der Waals surface area contributed by atoms with E-state index in [1.807, 2.05) is 27.7 Å². The average molecular weight is 423 g/mol. The van der Waals surface area contributed by atoms with Gasteiger partial charge < -0.3 is 10.6 Å². The fourth-order valence-corrected chi connectivity index (χ4v) is 5.69. The van der Waals surface area contributed by atoms with E-state index in [0.717, 1.165) is 44.2 Å². The smallest absolute Gasteiger partial charge is 0.313 e. The molecule has 0 heterocycles. The zero-order valence-corrected chi connectivity index (χ0v) is 18.8. The minimum Gasteiger partial charge on any atom is -0.313 e. The average Bonchev–Trinajstić information content (AvgIpc) is 3.26. The second kappa shape index (κ2) is 9.02. The number of anilines is 1. The van der Waals surface area contributed by atoms with Crippen molar-refractivity contribution in [2.24, 2.45) is 0 Å². The van der Waals surface area contributed by atoms with Gasteiger partial charge in [0.05, 0.1) is 0 Å². The van der Waals surface area contributed by atoms with Gasteiger partial charge in [-0.1, -0.05) is 19.9 Å². The molecule has 162 valence electrons. The molecule has 3 N–H and O–H groups in total. The van der Waals surface area contributed by atoms with E-state index in [0.29, 0.717) is 13.1 Å². The molecule has 0 saturated heterocycles. The second-order valence-electron chi connectivity index (χ2n) is 8.61. The van der Waals surface area contributed by atoms with Gasteiger partial charge in [-0.25, -0.2) is 9.52 Å². The lowest BCUT2D eigenvalue weighted by Crippen LogP contribution is -2.50. The summed E-state index contributed by atoms with van der Waals surface area (Å²) in [6.07, 6.45) is 6.09. The van der Waals surface area contributed by atoms with Gasteiger partial charge in [0.15, 0.2) is 0 Å². The van der Waals surface area contributed by atoms with Crippen LogP contribution in [0.5, 0.6) is 0 Å². The summed E-state index contributed by atoms with van der Waals surface area (Å²) in [6, 6.07) is 1.62. The van der Waals surface area contributed by atoms with Crippen LogP contribution >= 0.6 is 0 Å². The first kappa shape index (κ1) is 22.1. The van der Waals surface area contributed by atoms with Gasteiger partial charge in [-0.3, -0.25) is 0 Å². The SMILES string of the molecule is CC(C)NCCN(C(C)C)S(=O)(=O)NC(=O)Nc1c2c(cc3c1CCC3)CCC2. The van der Waals surface area contributed by atoms with E-state index in [1.165, 1.54) is 26.6 Å². The van der Waals surface area contributed by atoms with Crippen molar-refractivity contribution in [1.82, 2.24) is 14.3 Å². The number of rotatable bonds is 8. The second-order valence-corrected chi connectivity index (χ2v) is 10.2. The van der Waals surface area contributed by atoms with Crippen LogP contribution in [0.2, 0.25) is 0 Å². The van der Waals surface area contributed by atoms with E-state index in [2.05, 4.69) is 21.4 Å². The van der Waals surface area contributed by atoms with Crippen molar-refractivity contribution in [2.75, 3.05) is 18.4 Å². The Morgan fingerprint density at radius 3 is 2.14 bits per heavy atom. The first-order chi connectivity index (χ1) is 13.7. The summed E-state index contributed by atoms with van der Waals surface area (Å²) in [6.45, 7) is 8.47. The van der Waals surface area contributed by atoms with Crippen molar-refractivity contribution in [3.05, 3.63) is 28.3 Å². The third kappa shape index (κ3) is 5.10. The number of carbonyl (C=O) groups excluding carboxylic acids is 1. The molecule has 0 spiro atoms. The van der Waals surface area contributed by atoms with Crippen LogP contribution < -0.4 is 15.4 Å². The number of nitrogens with zero attached hydrogens (tertiary/aromatic N) is 1. The quantitative estimate of drug-likeness (QED) is 0.601. The molecule has 0 radical (unpaired) electrons. The number of hydrogen-bond acceptors (Lipinski definition) is 4. The van der Waals surface area contributed by atoms with E-state index in [9.17, 15) is 13.2 Å². The predicted octanol–water partition coefficient (Wildman–Crippen LogP) is 2.74. The summed E-state index contributed by atoms with van der Waals surface area (Å²) in [4.78, 5) is 12.7. The van der Waals surface area contributed by atoms with Crippen LogP contribution in [0.3, 0.4) is 0 Å². The molecule has 0 bridgehead atoms. The van der Waals surface area contributed by atoms with Crippen LogP contribution in [-0.2, 0) is 35.9 Å². The highest BCUT2D eigenvalue weighted by Crippen LogP contribution is 2.38. The van der Waals surface area contributed by atoms with E-state index in [-0.39, 0.29) is 12.1 Å². The fraction of sp³-hybridized carbons (Fsp3) is 0.667. The minimum atomic E-state index is -3.94. The molecule has 3 rings (SSSR count). The zero-order chi connectivity index (χ0) is 21.2. The van der Waals surface area contributed by atoms with Gasteiger partial charge in [0.25, 0.3) is 0 Å². The molecule has 0 aliphatic heterocycles. The first-order valence-electron chi connectivity index (χ1n) is 10.7. The molecule has 0 aromatic heterocycles. The van der Waals surface area contributed by atoms with Crippen molar-refractivity contribution in [2.45, 2.75) is 78.3 Å². The fourth-order valence-electron chi connectivity index (χ4n) is 4.40. The number of benzene rings is 1. The monoisotopic (exact) mass is 422 g/mol. The lowest BCUT2D eigenvalue weighted by molar-refractivity contribution is 0.255. The van der Waals surface area contributed by atoms with Crippen LogP contribution in [0.1, 0.15) is 62.8 Å². The number of nitrogens with one attached hydrogen (secondary N) is 3. The molecule has 0 fully saturated rings. The summed E-state index contributed by atoms with van der Waals surface area (Å²) in [5.41, 5.74) is 5.80. The predicted molar refractivity (Wildman–Crippen MR) is 117 cm³/mol. The molecule has 29 heavy (non-hydrogen) atoms. The molecule has 2 aliphatic rings. The Morgan fingerprint density at radius 2 is 1.62 bits per heavy atom. The lowest BCUT2D eigenvalue weighted by atomic mass is 9.99. The number of amides is 2. The van der Waals surface area contributed by atoms with Crippen LogP contribution in [0.4, 0.5) is 10.5 Å².